The minimum absolute atomic E-state index is 0.533. The number of hydrogen-bond acceptors (Lipinski definition) is 4. The molecule has 0 fully saturated rings. The van der Waals surface area contributed by atoms with Crippen molar-refractivity contribution in [2.45, 2.75) is 13.0 Å². The highest BCUT2D eigenvalue weighted by Gasteiger charge is 2.11. The number of fused-ring (bicyclic) bond motifs is 3. The minimum atomic E-state index is -0.914. The normalized spacial score (nSPS) is 12.4. The Morgan fingerprint density at radius 3 is 2.60 bits per heavy atom. The molecule has 3 rings (SSSR count). The zero-order chi connectivity index (χ0) is 14.1. The first-order valence-corrected chi connectivity index (χ1v) is 6.29. The summed E-state index contributed by atoms with van der Waals surface area (Å²) in [4.78, 5) is 19.7. The smallest absolute Gasteiger partial charge is 0.325 e. The van der Waals surface area contributed by atoms with Gasteiger partial charge in [-0.3, -0.25) is 9.78 Å². The Bertz CT molecular complexity index is 801. The summed E-state index contributed by atoms with van der Waals surface area (Å²) in [5, 5.41) is 13.8. The third-order valence-electron chi connectivity index (χ3n) is 3.17. The van der Waals surface area contributed by atoms with Gasteiger partial charge in [-0.25, -0.2) is 4.98 Å². The van der Waals surface area contributed by atoms with Crippen LogP contribution in [0.15, 0.2) is 42.6 Å². The number of carboxylic acid groups (broad SMARTS) is 1. The van der Waals surface area contributed by atoms with E-state index in [1.807, 2.05) is 30.3 Å². The SMILES string of the molecule is C[C@H](Nc1ccc2ccc3cccnc3c2n1)C(=O)O. The summed E-state index contributed by atoms with van der Waals surface area (Å²) in [6.45, 7) is 1.58. The van der Waals surface area contributed by atoms with Crippen LogP contribution in [0.3, 0.4) is 0 Å². The first-order valence-electron chi connectivity index (χ1n) is 6.29. The van der Waals surface area contributed by atoms with Crippen molar-refractivity contribution in [1.82, 2.24) is 9.97 Å². The van der Waals surface area contributed by atoms with Gasteiger partial charge >= 0.3 is 5.97 Å². The maximum absolute atomic E-state index is 10.9. The third-order valence-corrected chi connectivity index (χ3v) is 3.17. The standard InChI is InChI=1S/C15H13N3O2/c1-9(15(19)20)17-12-7-6-11-5-4-10-3-2-8-16-13(10)14(11)18-12/h2-9H,1H3,(H,17,18)(H,19,20)/t9-/m0/s1. The Morgan fingerprint density at radius 1 is 1.15 bits per heavy atom. The third kappa shape index (κ3) is 2.14. The summed E-state index contributed by atoms with van der Waals surface area (Å²) in [6, 6.07) is 10.8. The van der Waals surface area contributed by atoms with E-state index in [1.165, 1.54) is 0 Å². The molecule has 5 heteroatoms. The summed E-state index contributed by atoms with van der Waals surface area (Å²) >= 11 is 0. The van der Waals surface area contributed by atoms with E-state index in [2.05, 4.69) is 15.3 Å². The maximum atomic E-state index is 10.9. The number of aliphatic carboxylic acids is 1. The van der Waals surface area contributed by atoms with E-state index >= 15 is 0 Å². The number of anilines is 1. The van der Waals surface area contributed by atoms with Gasteiger partial charge < -0.3 is 10.4 Å². The number of benzene rings is 1. The van der Waals surface area contributed by atoms with Gasteiger partial charge in [0.15, 0.2) is 0 Å². The highest BCUT2D eigenvalue weighted by molar-refractivity contribution is 6.03. The highest BCUT2D eigenvalue weighted by Crippen LogP contribution is 2.23. The van der Waals surface area contributed by atoms with Crippen LogP contribution in [0.2, 0.25) is 0 Å². The molecule has 2 N–H and O–H groups in total. The molecule has 0 aliphatic carbocycles. The second-order valence-corrected chi connectivity index (χ2v) is 4.61. The van der Waals surface area contributed by atoms with E-state index in [-0.39, 0.29) is 0 Å². The number of hydrogen-bond donors (Lipinski definition) is 2. The van der Waals surface area contributed by atoms with Gasteiger partial charge in [0.25, 0.3) is 0 Å². The number of nitrogens with zero attached hydrogens (tertiary/aromatic N) is 2. The van der Waals surface area contributed by atoms with Gasteiger partial charge in [-0.1, -0.05) is 18.2 Å². The Kier molecular flexibility index (Phi) is 2.95. The van der Waals surface area contributed by atoms with Crippen LogP contribution in [0.1, 0.15) is 6.92 Å². The van der Waals surface area contributed by atoms with Crippen molar-refractivity contribution in [2.75, 3.05) is 5.32 Å². The van der Waals surface area contributed by atoms with Crippen LogP contribution < -0.4 is 5.32 Å². The summed E-state index contributed by atoms with van der Waals surface area (Å²) in [7, 11) is 0. The highest BCUT2D eigenvalue weighted by atomic mass is 16.4. The zero-order valence-corrected chi connectivity index (χ0v) is 10.9. The fourth-order valence-corrected chi connectivity index (χ4v) is 2.09. The summed E-state index contributed by atoms with van der Waals surface area (Å²) in [5.74, 6) is -0.381. The molecule has 0 bridgehead atoms. The van der Waals surface area contributed by atoms with Crippen LogP contribution in [0, 0.1) is 0 Å². The van der Waals surface area contributed by atoms with E-state index < -0.39 is 12.0 Å². The van der Waals surface area contributed by atoms with Crippen molar-refractivity contribution in [3.8, 4) is 0 Å². The van der Waals surface area contributed by atoms with Crippen molar-refractivity contribution in [1.29, 1.82) is 0 Å². The molecule has 1 atom stereocenters. The average molecular weight is 267 g/mol. The fourth-order valence-electron chi connectivity index (χ4n) is 2.09. The van der Waals surface area contributed by atoms with Gasteiger partial charge in [-0.2, -0.15) is 0 Å². The molecular weight excluding hydrogens is 254 g/mol. The average Bonchev–Trinajstić information content (AvgIpc) is 2.47. The fraction of sp³-hybridized carbons (Fsp3) is 0.133. The van der Waals surface area contributed by atoms with Crippen molar-refractivity contribution >= 4 is 33.6 Å². The van der Waals surface area contributed by atoms with E-state index in [0.717, 1.165) is 21.8 Å². The topological polar surface area (TPSA) is 75.1 Å². The molecule has 5 nitrogen and oxygen atoms in total. The van der Waals surface area contributed by atoms with Crippen LogP contribution in [-0.2, 0) is 4.79 Å². The van der Waals surface area contributed by atoms with Gasteiger partial charge in [0.05, 0.1) is 11.0 Å². The first-order chi connectivity index (χ1) is 9.65. The summed E-state index contributed by atoms with van der Waals surface area (Å²) in [5.41, 5.74) is 1.59. The number of carbonyl (C=O) groups is 1. The lowest BCUT2D eigenvalue weighted by Crippen LogP contribution is -2.25. The molecule has 0 radical (unpaired) electrons. The Morgan fingerprint density at radius 2 is 1.85 bits per heavy atom. The molecule has 0 aliphatic heterocycles. The van der Waals surface area contributed by atoms with Gasteiger partial charge in [-0.05, 0) is 25.1 Å². The first kappa shape index (κ1) is 12.3. The zero-order valence-electron chi connectivity index (χ0n) is 10.9. The van der Waals surface area contributed by atoms with Crippen LogP contribution >= 0.6 is 0 Å². The van der Waals surface area contributed by atoms with E-state index in [0.29, 0.717) is 5.82 Å². The van der Waals surface area contributed by atoms with Crippen molar-refractivity contribution < 1.29 is 9.90 Å². The van der Waals surface area contributed by atoms with Gasteiger partial charge in [0.1, 0.15) is 11.9 Å². The molecule has 0 aliphatic rings. The lowest BCUT2D eigenvalue weighted by Gasteiger charge is -2.11. The molecule has 0 spiro atoms. The molecule has 1 aromatic carbocycles. The predicted octanol–water partition coefficient (Wildman–Crippen LogP) is 2.67. The second kappa shape index (κ2) is 4.77. The molecular formula is C15H13N3O2. The summed E-state index contributed by atoms with van der Waals surface area (Å²) in [6.07, 6.45) is 1.73. The Balaban J connectivity index is 2.13. The lowest BCUT2D eigenvalue weighted by atomic mass is 10.1. The van der Waals surface area contributed by atoms with Crippen molar-refractivity contribution in [3.63, 3.8) is 0 Å². The molecule has 0 amide bonds. The lowest BCUT2D eigenvalue weighted by molar-refractivity contribution is -0.137. The Hall–Kier alpha value is -2.69. The minimum Gasteiger partial charge on any atom is -0.480 e. The van der Waals surface area contributed by atoms with Gasteiger partial charge in [0.2, 0.25) is 0 Å². The summed E-state index contributed by atoms with van der Waals surface area (Å²) < 4.78 is 0. The number of carboxylic acids is 1. The molecule has 0 saturated carbocycles. The molecule has 0 saturated heterocycles. The van der Waals surface area contributed by atoms with Crippen LogP contribution in [0.4, 0.5) is 5.82 Å². The molecule has 20 heavy (non-hydrogen) atoms. The van der Waals surface area contributed by atoms with Crippen molar-refractivity contribution in [3.05, 3.63) is 42.6 Å². The molecule has 2 heterocycles. The van der Waals surface area contributed by atoms with Crippen LogP contribution in [0.5, 0.6) is 0 Å². The molecule has 2 aromatic heterocycles. The van der Waals surface area contributed by atoms with Crippen LogP contribution in [0.25, 0.3) is 21.8 Å². The predicted molar refractivity (Wildman–Crippen MR) is 77.8 cm³/mol. The number of pyridine rings is 2. The number of rotatable bonds is 3. The largest absolute Gasteiger partial charge is 0.480 e. The number of nitrogens with one attached hydrogen (secondary N) is 1. The molecule has 0 unspecified atom stereocenters. The van der Waals surface area contributed by atoms with E-state index in [4.69, 9.17) is 5.11 Å². The van der Waals surface area contributed by atoms with Gasteiger partial charge in [0, 0.05) is 17.0 Å². The molecule has 3 aromatic rings. The van der Waals surface area contributed by atoms with Crippen LogP contribution in [-0.4, -0.2) is 27.1 Å². The Labute approximate surface area is 115 Å². The second-order valence-electron chi connectivity index (χ2n) is 4.61. The maximum Gasteiger partial charge on any atom is 0.325 e. The molecule has 100 valence electrons. The monoisotopic (exact) mass is 267 g/mol. The number of aromatic nitrogens is 2. The quantitative estimate of drug-likeness (QED) is 0.713. The van der Waals surface area contributed by atoms with Gasteiger partial charge in [-0.15, -0.1) is 0 Å². The van der Waals surface area contributed by atoms with E-state index in [9.17, 15) is 4.79 Å². The van der Waals surface area contributed by atoms with Crippen molar-refractivity contribution in [2.24, 2.45) is 0 Å². The van der Waals surface area contributed by atoms with E-state index in [1.54, 1.807) is 19.2 Å².